The van der Waals surface area contributed by atoms with E-state index in [9.17, 15) is 9.59 Å². The van der Waals surface area contributed by atoms with E-state index in [1.165, 1.54) is 5.56 Å². The van der Waals surface area contributed by atoms with E-state index in [-0.39, 0.29) is 13.2 Å². The molecule has 3 N–H and O–H groups in total. The fourth-order valence-electron chi connectivity index (χ4n) is 2.04. The quantitative estimate of drug-likeness (QED) is 0.711. The molecule has 0 aliphatic heterocycles. The largest absolute Gasteiger partial charge is 0.481 e. The molecule has 0 saturated carbocycles. The van der Waals surface area contributed by atoms with E-state index < -0.39 is 12.0 Å². The molecule has 0 radical (unpaired) electrons. The number of carboxylic acid groups (broad SMARTS) is 1. The number of hydrogen-bond donors (Lipinski definition) is 3. The van der Waals surface area contributed by atoms with Crippen molar-refractivity contribution in [2.45, 2.75) is 20.3 Å². The maximum atomic E-state index is 11.8. The molecule has 2 rings (SSSR count). The molecule has 24 heavy (non-hydrogen) atoms. The highest BCUT2D eigenvalue weighted by molar-refractivity contribution is 5.89. The van der Waals surface area contributed by atoms with E-state index in [0.717, 1.165) is 5.56 Å². The van der Waals surface area contributed by atoms with E-state index >= 15 is 0 Å². The number of carbonyl (C=O) groups excluding carboxylic acids is 1. The number of rotatable bonds is 6. The van der Waals surface area contributed by atoms with Gasteiger partial charge in [-0.3, -0.25) is 4.79 Å². The number of ether oxygens (including phenoxy) is 1. The third-order valence-electron chi connectivity index (χ3n) is 3.52. The van der Waals surface area contributed by atoms with Crippen LogP contribution in [-0.4, -0.2) is 23.8 Å². The lowest BCUT2D eigenvalue weighted by atomic mass is 10.1. The number of amides is 2. The SMILES string of the molecule is Cc1ccc(OCNC(=O)Nc2ccc(CC(=O)O)cc2)cc1C. The topological polar surface area (TPSA) is 87.7 Å². The van der Waals surface area contributed by atoms with Crippen molar-refractivity contribution in [3.63, 3.8) is 0 Å². The molecule has 0 bridgehead atoms. The first-order chi connectivity index (χ1) is 11.4. The monoisotopic (exact) mass is 328 g/mol. The lowest BCUT2D eigenvalue weighted by Crippen LogP contribution is -2.32. The summed E-state index contributed by atoms with van der Waals surface area (Å²) < 4.78 is 5.48. The average molecular weight is 328 g/mol. The molecule has 0 aliphatic carbocycles. The Labute approximate surface area is 140 Å². The molecule has 0 spiro atoms. The van der Waals surface area contributed by atoms with Crippen LogP contribution in [0, 0.1) is 13.8 Å². The van der Waals surface area contributed by atoms with Crippen LogP contribution in [0.5, 0.6) is 5.75 Å². The normalized spacial score (nSPS) is 10.1. The van der Waals surface area contributed by atoms with Gasteiger partial charge >= 0.3 is 12.0 Å². The van der Waals surface area contributed by atoms with Crippen molar-refractivity contribution in [1.82, 2.24) is 5.32 Å². The first-order valence-electron chi connectivity index (χ1n) is 7.49. The van der Waals surface area contributed by atoms with Crippen LogP contribution in [0.2, 0.25) is 0 Å². The molecule has 0 heterocycles. The van der Waals surface area contributed by atoms with Gasteiger partial charge in [-0.25, -0.2) is 4.79 Å². The molecule has 0 saturated heterocycles. The molecular formula is C18H20N2O4. The summed E-state index contributed by atoms with van der Waals surface area (Å²) in [6.45, 7) is 4.06. The second-order valence-corrected chi connectivity index (χ2v) is 5.43. The number of hydrogen-bond acceptors (Lipinski definition) is 3. The van der Waals surface area contributed by atoms with Gasteiger partial charge in [-0.1, -0.05) is 18.2 Å². The van der Waals surface area contributed by atoms with E-state index in [2.05, 4.69) is 10.6 Å². The minimum absolute atomic E-state index is 0.0454. The average Bonchev–Trinajstić information content (AvgIpc) is 2.52. The molecule has 0 atom stereocenters. The van der Waals surface area contributed by atoms with Gasteiger partial charge in [-0.05, 0) is 54.8 Å². The fourth-order valence-corrected chi connectivity index (χ4v) is 2.04. The van der Waals surface area contributed by atoms with Crippen molar-refractivity contribution in [3.8, 4) is 5.75 Å². The van der Waals surface area contributed by atoms with Gasteiger partial charge in [-0.15, -0.1) is 0 Å². The maximum absolute atomic E-state index is 11.8. The van der Waals surface area contributed by atoms with E-state index in [4.69, 9.17) is 9.84 Å². The van der Waals surface area contributed by atoms with Crippen molar-refractivity contribution in [3.05, 3.63) is 59.2 Å². The number of carbonyl (C=O) groups is 2. The minimum Gasteiger partial charge on any atom is -0.481 e. The molecule has 6 heteroatoms. The summed E-state index contributed by atoms with van der Waals surface area (Å²) >= 11 is 0. The first-order valence-corrected chi connectivity index (χ1v) is 7.49. The molecule has 2 aromatic rings. The van der Waals surface area contributed by atoms with Crippen molar-refractivity contribution in [1.29, 1.82) is 0 Å². The summed E-state index contributed by atoms with van der Waals surface area (Å²) in [5, 5.41) is 14.0. The minimum atomic E-state index is -0.892. The Morgan fingerprint density at radius 2 is 1.75 bits per heavy atom. The highest BCUT2D eigenvalue weighted by Gasteiger charge is 2.04. The van der Waals surface area contributed by atoms with Crippen molar-refractivity contribution < 1.29 is 19.4 Å². The van der Waals surface area contributed by atoms with Gasteiger partial charge < -0.3 is 20.5 Å². The lowest BCUT2D eigenvalue weighted by Gasteiger charge is -2.11. The Morgan fingerprint density at radius 3 is 2.38 bits per heavy atom. The Balaban J connectivity index is 1.78. The highest BCUT2D eigenvalue weighted by atomic mass is 16.5. The third-order valence-corrected chi connectivity index (χ3v) is 3.52. The second-order valence-electron chi connectivity index (χ2n) is 5.43. The lowest BCUT2D eigenvalue weighted by molar-refractivity contribution is -0.136. The Kier molecular flexibility index (Phi) is 5.78. The maximum Gasteiger partial charge on any atom is 0.321 e. The predicted molar refractivity (Wildman–Crippen MR) is 91.3 cm³/mol. The molecule has 2 amide bonds. The molecule has 0 aliphatic rings. The van der Waals surface area contributed by atoms with E-state index in [0.29, 0.717) is 17.0 Å². The Bertz CT molecular complexity index is 726. The van der Waals surface area contributed by atoms with Gasteiger partial charge in [0.2, 0.25) is 0 Å². The number of benzene rings is 2. The number of urea groups is 1. The summed E-state index contributed by atoms with van der Waals surface area (Å²) in [7, 11) is 0. The molecule has 0 fully saturated rings. The number of carboxylic acids is 1. The molecule has 126 valence electrons. The van der Waals surface area contributed by atoms with Crippen LogP contribution in [0.1, 0.15) is 16.7 Å². The zero-order valence-electron chi connectivity index (χ0n) is 13.6. The van der Waals surface area contributed by atoms with Gasteiger partial charge in [-0.2, -0.15) is 0 Å². The number of anilines is 1. The van der Waals surface area contributed by atoms with Crippen LogP contribution >= 0.6 is 0 Å². The highest BCUT2D eigenvalue weighted by Crippen LogP contribution is 2.16. The zero-order chi connectivity index (χ0) is 17.5. The Hall–Kier alpha value is -3.02. The van der Waals surface area contributed by atoms with Crippen LogP contribution in [0.4, 0.5) is 10.5 Å². The van der Waals surface area contributed by atoms with Crippen LogP contribution in [-0.2, 0) is 11.2 Å². The molecule has 6 nitrogen and oxygen atoms in total. The molecule has 2 aromatic carbocycles. The third kappa shape index (κ3) is 5.31. The van der Waals surface area contributed by atoms with Crippen LogP contribution < -0.4 is 15.4 Å². The number of aliphatic carboxylic acids is 1. The Morgan fingerprint density at radius 1 is 1.04 bits per heavy atom. The number of nitrogens with one attached hydrogen (secondary N) is 2. The van der Waals surface area contributed by atoms with Gasteiger partial charge in [0.05, 0.1) is 6.42 Å². The zero-order valence-corrected chi connectivity index (χ0v) is 13.6. The molecule has 0 unspecified atom stereocenters. The summed E-state index contributed by atoms with van der Waals surface area (Å²) in [6, 6.07) is 12.0. The fraction of sp³-hybridized carbons (Fsp3) is 0.222. The summed E-state index contributed by atoms with van der Waals surface area (Å²) in [5.41, 5.74) is 3.55. The number of aryl methyl sites for hydroxylation is 2. The van der Waals surface area contributed by atoms with Crippen LogP contribution in [0.15, 0.2) is 42.5 Å². The van der Waals surface area contributed by atoms with Crippen molar-refractivity contribution in [2.75, 3.05) is 12.0 Å². The summed E-state index contributed by atoms with van der Waals surface area (Å²) in [4.78, 5) is 22.4. The smallest absolute Gasteiger partial charge is 0.321 e. The van der Waals surface area contributed by atoms with Gasteiger partial charge in [0.1, 0.15) is 5.75 Å². The van der Waals surface area contributed by atoms with Crippen LogP contribution in [0.3, 0.4) is 0 Å². The van der Waals surface area contributed by atoms with Gasteiger partial charge in [0.15, 0.2) is 6.73 Å². The molecular weight excluding hydrogens is 308 g/mol. The summed E-state index contributed by atoms with van der Waals surface area (Å²) in [5.74, 6) is -0.201. The van der Waals surface area contributed by atoms with Gasteiger partial charge in [0, 0.05) is 5.69 Å². The van der Waals surface area contributed by atoms with Gasteiger partial charge in [0.25, 0.3) is 0 Å². The van der Waals surface area contributed by atoms with E-state index in [1.807, 2.05) is 32.0 Å². The molecule has 0 aromatic heterocycles. The van der Waals surface area contributed by atoms with Crippen molar-refractivity contribution >= 4 is 17.7 Å². The predicted octanol–water partition coefficient (Wildman–Crippen LogP) is 3.09. The summed E-state index contributed by atoms with van der Waals surface area (Å²) in [6.07, 6.45) is -0.0454. The van der Waals surface area contributed by atoms with E-state index in [1.54, 1.807) is 24.3 Å². The standard InChI is InChI=1S/C18H20N2O4/c1-12-3-8-16(9-13(12)2)24-11-19-18(23)20-15-6-4-14(5-7-15)10-17(21)22/h3-9H,10-11H2,1-2H3,(H,21,22)(H2,19,20,23). The first kappa shape index (κ1) is 17.3. The van der Waals surface area contributed by atoms with Crippen LogP contribution in [0.25, 0.3) is 0 Å². The van der Waals surface area contributed by atoms with Crippen molar-refractivity contribution in [2.24, 2.45) is 0 Å². The second kappa shape index (κ2) is 8.01.